The van der Waals surface area contributed by atoms with Gasteiger partial charge in [0, 0.05) is 35.8 Å². The lowest BCUT2D eigenvalue weighted by Gasteiger charge is -2.26. The van der Waals surface area contributed by atoms with E-state index in [1.54, 1.807) is 22.5 Å². The largest absolute Gasteiger partial charge is 0.331 e. The second-order valence-electron chi connectivity index (χ2n) is 7.54. The maximum atomic E-state index is 14.0. The zero-order valence-corrected chi connectivity index (χ0v) is 17.2. The van der Waals surface area contributed by atoms with E-state index in [1.165, 1.54) is 16.2 Å². The molecule has 1 N–H and O–H groups in total. The summed E-state index contributed by atoms with van der Waals surface area (Å²) in [4.78, 5) is 36.7. The van der Waals surface area contributed by atoms with Gasteiger partial charge < -0.3 is 9.47 Å². The molecule has 4 heterocycles. The lowest BCUT2D eigenvalue weighted by Crippen LogP contribution is -2.38. The number of hydrogen-bond donors (Lipinski definition) is 1. The van der Waals surface area contributed by atoms with Crippen LogP contribution in [0, 0.1) is 0 Å². The molecule has 30 heavy (non-hydrogen) atoms. The predicted octanol–water partition coefficient (Wildman–Crippen LogP) is 3.13. The fourth-order valence-corrected chi connectivity index (χ4v) is 4.72. The lowest BCUT2D eigenvalue weighted by atomic mass is 10.0. The quantitative estimate of drug-likeness (QED) is 0.681. The van der Waals surface area contributed by atoms with Crippen molar-refractivity contribution in [1.29, 1.82) is 0 Å². The van der Waals surface area contributed by atoms with Crippen molar-refractivity contribution in [3.63, 3.8) is 0 Å². The Bertz CT molecular complexity index is 1130. The van der Waals surface area contributed by atoms with Crippen molar-refractivity contribution in [3.05, 3.63) is 64.2 Å². The Morgan fingerprint density at radius 1 is 1.40 bits per heavy atom. The molecule has 2 atom stereocenters. The number of nitrogens with one attached hydrogen (secondary N) is 1. The maximum absolute atomic E-state index is 14.0. The molecule has 9 heteroatoms. The predicted molar refractivity (Wildman–Crippen MR) is 110 cm³/mol. The number of hydrogen-bond acceptors (Lipinski definition) is 5. The van der Waals surface area contributed by atoms with Crippen LogP contribution in [0.25, 0.3) is 0 Å². The van der Waals surface area contributed by atoms with E-state index >= 15 is 0 Å². The number of nitrogens with zero attached hydrogens (tertiary/aromatic N) is 4. The van der Waals surface area contributed by atoms with E-state index < -0.39 is 18.1 Å². The molecule has 5 rings (SSSR count). The first-order valence-electron chi connectivity index (χ1n) is 9.86. The van der Waals surface area contributed by atoms with Crippen LogP contribution in [0.3, 0.4) is 0 Å². The second kappa shape index (κ2) is 7.32. The van der Waals surface area contributed by atoms with E-state index in [1.807, 2.05) is 25.1 Å². The number of amides is 2. The van der Waals surface area contributed by atoms with Gasteiger partial charge in [-0.3, -0.25) is 14.9 Å². The molecular weight excluding hydrogens is 405 g/mol. The average molecular weight is 425 g/mol. The van der Waals surface area contributed by atoms with Crippen LogP contribution in [-0.4, -0.2) is 37.4 Å². The third kappa shape index (κ3) is 3.09. The summed E-state index contributed by atoms with van der Waals surface area (Å²) in [5, 5.41) is 5.00. The van der Waals surface area contributed by atoms with Gasteiger partial charge in [0.15, 0.2) is 11.2 Å². The van der Waals surface area contributed by atoms with Crippen molar-refractivity contribution < 1.29 is 14.0 Å². The van der Waals surface area contributed by atoms with Crippen LogP contribution in [0.15, 0.2) is 36.1 Å². The monoisotopic (exact) mass is 425 g/mol. The van der Waals surface area contributed by atoms with Crippen LogP contribution < -0.4 is 5.32 Å². The normalized spacial score (nSPS) is 18.4. The minimum Gasteiger partial charge on any atom is -0.331 e. The van der Waals surface area contributed by atoms with Gasteiger partial charge in [-0.05, 0) is 23.6 Å². The van der Waals surface area contributed by atoms with Crippen molar-refractivity contribution >= 4 is 28.3 Å². The third-order valence-corrected chi connectivity index (χ3v) is 6.37. The number of carbonyl (C=O) groups excluding carboxylic acids is 2. The Morgan fingerprint density at radius 3 is 3.03 bits per heavy atom. The number of benzene rings is 1. The number of rotatable bonds is 5. The molecule has 2 amide bonds. The molecule has 0 aliphatic carbocycles. The highest BCUT2D eigenvalue weighted by Gasteiger charge is 2.41. The first kappa shape index (κ1) is 18.9. The molecular formula is C21H20FN5O2S. The number of aryl methyl sites for hydroxylation is 1. The van der Waals surface area contributed by atoms with Crippen molar-refractivity contribution in [2.24, 2.45) is 0 Å². The van der Waals surface area contributed by atoms with Crippen LogP contribution >= 0.6 is 11.3 Å². The molecule has 0 spiro atoms. The molecule has 2 aliphatic rings. The highest BCUT2D eigenvalue weighted by atomic mass is 32.1. The summed E-state index contributed by atoms with van der Waals surface area (Å²) >= 11 is 1.30. The summed E-state index contributed by atoms with van der Waals surface area (Å²) in [5.41, 5.74) is 3.65. The lowest BCUT2D eigenvalue weighted by molar-refractivity contribution is -0.121. The Hall–Kier alpha value is -3.07. The van der Waals surface area contributed by atoms with Gasteiger partial charge in [-0.25, -0.2) is 14.4 Å². The number of halogens is 1. The second-order valence-corrected chi connectivity index (χ2v) is 8.43. The Morgan fingerprint density at radius 2 is 2.27 bits per heavy atom. The summed E-state index contributed by atoms with van der Waals surface area (Å²) in [5.74, 6) is -0.609. The van der Waals surface area contributed by atoms with Crippen molar-refractivity contribution in [2.75, 3.05) is 5.32 Å². The summed E-state index contributed by atoms with van der Waals surface area (Å²) in [6.07, 6.45) is 3.15. The van der Waals surface area contributed by atoms with Gasteiger partial charge in [-0.1, -0.05) is 19.1 Å². The molecule has 154 valence electrons. The van der Waals surface area contributed by atoms with E-state index in [4.69, 9.17) is 0 Å². The van der Waals surface area contributed by atoms with Crippen molar-refractivity contribution in [2.45, 2.75) is 45.1 Å². The molecule has 0 fully saturated rings. The SMILES string of the molecule is CCc1ccc2c(c1)C(=O)N(C(C(=O)Nc1nccs1)c1ncn3c1C[C@@H](F)C3)C2. The number of carbonyl (C=O) groups is 2. The van der Waals surface area contributed by atoms with E-state index in [0.29, 0.717) is 28.6 Å². The molecule has 0 saturated heterocycles. The van der Waals surface area contributed by atoms with Gasteiger partial charge in [0.1, 0.15) is 6.17 Å². The van der Waals surface area contributed by atoms with Gasteiger partial charge in [-0.2, -0.15) is 0 Å². The summed E-state index contributed by atoms with van der Waals surface area (Å²) in [6.45, 7) is 2.56. The summed E-state index contributed by atoms with van der Waals surface area (Å²) in [6, 6.07) is 4.88. The minimum atomic E-state index is -1.01. The first-order chi connectivity index (χ1) is 14.5. The topological polar surface area (TPSA) is 80.1 Å². The van der Waals surface area contributed by atoms with Gasteiger partial charge in [0.25, 0.3) is 11.8 Å². The van der Waals surface area contributed by atoms with Crippen LogP contribution in [0.4, 0.5) is 9.52 Å². The van der Waals surface area contributed by atoms with Crippen LogP contribution in [0.1, 0.15) is 45.8 Å². The highest BCUT2D eigenvalue weighted by Crippen LogP contribution is 2.35. The average Bonchev–Trinajstić information content (AvgIpc) is 3.50. The van der Waals surface area contributed by atoms with Crippen LogP contribution in [-0.2, 0) is 30.7 Å². The van der Waals surface area contributed by atoms with Gasteiger partial charge >= 0.3 is 0 Å². The molecule has 2 aromatic heterocycles. The molecule has 1 aromatic carbocycles. The number of fused-ring (bicyclic) bond motifs is 2. The molecule has 2 aliphatic heterocycles. The van der Waals surface area contributed by atoms with Gasteiger partial charge in [-0.15, -0.1) is 11.3 Å². The number of anilines is 1. The van der Waals surface area contributed by atoms with Crippen LogP contribution in [0.2, 0.25) is 0 Å². The standard InChI is InChI=1S/C21H20FN5O2S/c1-2-12-3-4-13-9-27(20(29)15(13)7-12)18(19(28)25-21-23-5-6-30-21)17-16-8-14(22)10-26(16)11-24-17/h3-7,11,14,18H,2,8-10H2,1H3,(H,23,25,28)/t14-,18?/m1/s1. The molecule has 0 radical (unpaired) electrons. The van der Waals surface area contributed by atoms with Gasteiger partial charge in [0.05, 0.1) is 18.6 Å². The maximum Gasteiger partial charge on any atom is 0.255 e. The Balaban J connectivity index is 1.54. The smallest absolute Gasteiger partial charge is 0.255 e. The fourth-order valence-electron chi connectivity index (χ4n) is 4.19. The zero-order chi connectivity index (χ0) is 20.8. The molecule has 7 nitrogen and oxygen atoms in total. The number of alkyl halides is 1. The van der Waals surface area contributed by atoms with Crippen molar-refractivity contribution in [1.82, 2.24) is 19.4 Å². The summed E-state index contributed by atoms with van der Waals surface area (Å²) in [7, 11) is 0. The van der Waals surface area contributed by atoms with E-state index in [2.05, 4.69) is 15.3 Å². The van der Waals surface area contributed by atoms with E-state index in [9.17, 15) is 14.0 Å². The third-order valence-electron chi connectivity index (χ3n) is 5.68. The number of imidazole rings is 1. The molecule has 0 bridgehead atoms. The Kier molecular flexibility index (Phi) is 4.62. The number of aromatic nitrogens is 3. The molecule has 0 saturated carbocycles. The summed E-state index contributed by atoms with van der Waals surface area (Å²) < 4.78 is 15.7. The zero-order valence-electron chi connectivity index (χ0n) is 16.3. The van der Waals surface area contributed by atoms with E-state index in [0.717, 1.165) is 17.5 Å². The van der Waals surface area contributed by atoms with Gasteiger partial charge in [0.2, 0.25) is 0 Å². The highest BCUT2D eigenvalue weighted by molar-refractivity contribution is 7.13. The molecule has 1 unspecified atom stereocenters. The Labute approximate surface area is 176 Å². The van der Waals surface area contributed by atoms with Crippen molar-refractivity contribution in [3.8, 4) is 0 Å². The molecule has 3 aromatic rings. The minimum absolute atomic E-state index is 0.186. The fraction of sp³-hybridized carbons (Fsp3) is 0.333. The van der Waals surface area contributed by atoms with E-state index in [-0.39, 0.29) is 18.9 Å². The number of thiazole rings is 1. The van der Waals surface area contributed by atoms with Crippen LogP contribution in [0.5, 0.6) is 0 Å². The first-order valence-corrected chi connectivity index (χ1v) is 10.7.